The van der Waals surface area contributed by atoms with Crippen molar-refractivity contribution in [2.24, 2.45) is 0 Å². The van der Waals surface area contributed by atoms with Crippen LogP contribution < -0.4 is 5.32 Å². The number of hydrogen-bond acceptors (Lipinski definition) is 5. The molecule has 6 nitrogen and oxygen atoms in total. The van der Waals surface area contributed by atoms with Crippen molar-refractivity contribution >= 4 is 12.1 Å². The predicted octanol–water partition coefficient (Wildman–Crippen LogP) is 0.868. The van der Waals surface area contributed by atoms with Crippen LogP contribution in [0.3, 0.4) is 0 Å². The number of methoxy groups -OCH3 is 1. The van der Waals surface area contributed by atoms with Gasteiger partial charge < -0.3 is 19.5 Å². The molecule has 1 amide bonds. The van der Waals surface area contributed by atoms with Crippen molar-refractivity contribution in [3.63, 3.8) is 0 Å². The quantitative estimate of drug-likeness (QED) is 0.370. The molecular weight excluding hydrogens is 226 g/mol. The summed E-state index contributed by atoms with van der Waals surface area (Å²) in [5.74, 6) is -0.514. The molecule has 0 heterocycles. The Kier molecular flexibility index (Phi) is 9.94. The molecule has 0 aromatic rings. The average Bonchev–Trinajstić information content (AvgIpc) is 2.34. The van der Waals surface area contributed by atoms with Gasteiger partial charge in [-0.25, -0.2) is 9.59 Å². The molecule has 0 aromatic carbocycles. The van der Waals surface area contributed by atoms with Crippen LogP contribution in [0.2, 0.25) is 0 Å². The fourth-order valence-electron chi connectivity index (χ4n) is 0.928. The lowest BCUT2D eigenvalue weighted by molar-refractivity contribution is -0.137. The number of amides is 1. The van der Waals surface area contributed by atoms with Crippen molar-refractivity contribution < 1.29 is 23.8 Å². The average molecular weight is 245 g/mol. The minimum atomic E-state index is -0.517. The monoisotopic (exact) mass is 245 g/mol. The molecular formula is C11H19NO5. The summed E-state index contributed by atoms with van der Waals surface area (Å²) < 4.78 is 14.4. The summed E-state index contributed by atoms with van der Waals surface area (Å²) in [6.07, 6.45) is 2.15. The van der Waals surface area contributed by atoms with Gasteiger partial charge in [0.05, 0.1) is 13.2 Å². The molecule has 0 aromatic heterocycles. The molecule has 0 atom stereocenters. The maximum Gasteiger partial charge on any atom is 0.407 e. The number of rotatable bonds is 9. The van der Waals surface area contributed by atoms with Gasteiger partial charge in [-0.15, -0.1) is 0 Å². The predicted molar refractivity (Wildman–Crippen MR) is 61.6 cm³/mol. The van der Waals surface area contributed by atoms with Crippen LogP contribution in [0.15, 0.2) is 12.7 Å². The highest BCUT2D eigenvalue weighted by Crippen LogP contribution is 1.90. The molecule has 1 N–H and O–H groups in total. The smallest absolute Gasteiger partial charge is 0.407 e. The second-order valence-electron chi connectivity index (χ2n) is 3.13. The Morgan fingerprint density at radius 2 is 1.88 bits per heavy atom. The van der Waals surface area contributed by atoms with E-state index >= 15 is 0 Å². The molecule has 98 valence electrons. The zero-order chi connectivity index (χ0) is 12.9. The molecule has 0 rings (SSSR count). The minimum absolute atomic E-state index is 0.101. The summed E-state index contributed by atoms with van der Waals surface area (Å²) in [4.78, 5) is 21.7. The van der Waals surface area contributed by atoms with Crippen molar-refractivity contribution in [3.8, 4) is 0 Å². The Morgan fingerprint density at radius 3 is 2.53 bits per heavy atom. The second kappa shape index (κ2) is 10.9. The lowest BCUT2D eigenvalue weighted by Crippen LogP contribution is -2.28. The van der Waals surface area contributed by atoms with E-state index in [4.69, 9.17) is 9.47 Å². The SMILES string of the molecule is C=CC(=O)OCCNC(=O)OCCCCOC. The first-order chi connectivity index (χ1) is 8.20. The van der Waals surface area contributed by atoms with Crippen LogP contribution in [-0.2, 0) is 19.0 Å². The molecule has 0 aliphatic rings. The lowest BCUT2D eigenvalue weighted by Gasteiger charge is -2.06. The standard InChI is InChI=1S/C11H19NO5/c1-3-10(13)16-9-6-12-11(14)17-8-5-4-7-15-2/h3H,1,4-9H2,2H3,(H,12,14). The summed E-state index contributed by atoms with van der Waals surface area (Å²) in [6, 6.07) is 0. The van der Waals surface area contributed by atoms with E-state index in [1.165, 1.54) is 0 Å². The second-order valence-corrected chi connectivity index (χ2v) is 3.13. The molecule has 17 heavy (non-hydrogen) atoms. The summed E-state index contributed by atoms with van der Waals surface area (Å²) in [5, 5.41) is 2.45. The maximum atomic E-state index is 11.1. The van der Waals surface area contributed by atoms with Gasteiger partial charge in [0.15, 0.2) is 0 Å². The number of hydrogen-bond donors (Lipinski definition) is 1. The van der Waals surface area contributed by atoms with Gasteiger partial charge in [0.2, 0.25) is 0 Å². The first kappa shape index (κ1) is 15.4. The molecule has 0 saturated carbocycles. The zero-order valence-corrected chi connectivity index (χ0v) is 10.1. The van der Waals surface area contributed by atoms with Crippen LogP contribution in [0.25, 0.3) is 0 Å². The van der Waals surface area contributed by atoms with Crippen LogP contribution in [0, 0.1) is 0 Å². The van der Waals surface area contributed by atoms with Gasteiger partial charge in [-0.1, -0.05) is 6.58 Å². The number of nitrogens with one attached hydrogen (secondary N) is 1. The Bertz CT molecular complexity index is 242. The van der Waals surface area contributed by atoms with Crippen molar-refractivity contribution in [3.05, 3.63) is 12.7 Å². The number of esters is 1. The summed E-state index contributed by atoms with van der Waals surface area (Å²) in [7, 11) is 1.62. The Labute approximate surface area is 101 Å². The van der Waals surface area contributed by atoms with Crippen molar-refractivity contribution in [1.29, 1.82) is 0 Å². The summed E-state index contributed by atoms with van der Waals surface area (Å²) >= 11 is 0. The molecule has 6 heteroatoms. The molecule has 0 spiro atoms. The van der Waals surface area contributed by atoms with Crippen LogP contribution >= 0.6 is 0 Å². The van der Waals surface area contributed by atoms with Gasteiger partial charge >= 0.3 is 12.1 Å². The molecule has 0 bridgehead atoms. The van der Waals surface area contributed by atoms with E-state index in [1.54, 1.807) is 7.11 Å². The number of alkyl carbamates (subject to hydrolysis) is 1. The van der Waals surface area contributed by atoms with E-state index in [-0.39, 0.29) is 13.2 Å². The molecule has 0 radical (unpaired) electrons. The van der Waals surface area contributed by atoms with Crippen LogP contribution in [0.1, 0.15) is 12.8 Å². The van der Waals surface area contributed by atoms with Crippen LogP contribution in [-0.4, -0.2) is 45.5 Å². The minimum Gasteiger partial charge on any atom is -0.461 e. The van der Waals surface area contributed by atoms with Crippen molar-refractivity contribution in [2.75, 3.05) is 33.5 Å². The van der Waals surface area contributed by atoms with Gasteiger partial charge in [0, 0.05) is 19.8 Å². The van der Waals surface area contributed by atoms with Gasteiger partial charge in [-0.3, -0.25) is 0 Å². The molecule has 0 aliphatic heterocycles. The fraction of sp³-hybridized carbons (Fsp3) is 0.636. The van der Waals surface area contributed by atoms with E-state index < -0.39 is 12.1 Å². The third-order valence-electron chi connectivity index (χ3n) is 1.76. The first-order valence-electron chi connectivity index (χ1n) is 5.39. The Morgan fingerprint density at radius 1 is 1.18 bits per heavy atom. The van der Waals surface area contributed by atoms with Gasteiger partial charge in [0.1, 0.15) is 6.61 Å². The van der Waals surface area contributed by atoms with Crippen LogP contribution in [0.4, 0.5) is 4.79 Å². The maximum absolute atomic E-state index is 11.1. The first-order valence-corrected chi connectivity index (χ1v) is 5.39. The van der Waals surface area contributed by atoms with Crippen molar-refractivity contribution in [1.82, 2.24) is 5.32 Å². The topological polar surface area (TPSA) is 73.9 Å². The number of carbonyl (C=O) groups excluding carboxylic acids is 2. The van der Waals surface area contributed by atoms with Crippen LogP contribution in [0.5, 0.6) is 0 Å². The van der Waals surface area contributed by atoms with E-state index in [1.807, 2.05) is 0 Å². The normalized spacial score (nSPS) is 9.47. The number of ether oxygens (including phenoxy) is 3. The van der Waals surface area contributed by atoms with E-state index in [2.05, 4.69) is 16.6 Å². The van der Waals surface area contributed by atoms with E-state index in [9.17, 15) is 9.59 Å². The number of carbonyl (C=O) groups is 2. The van der Waals surface area contributed by atoms with E-state index in [0.717, 1.165) is 18.9 Å². The molecule has 0 aliphatic carbocycles. The molecule has 0 saturated heterocycles. The highest BCUT2D eigenvalue weighted by Gasteiger charge is 2.01. The summed E-state index contributed by atoms with van der Waals surface area (Å²) in [5.41, 5.74) is 0. The Balaban J connectivity index is 3.29. The highest BCUT2D eigenvalue weighted by molar-refractivity contribution is 5.81. The third-order valence-corrected chi connectivity index (χ3v) is 1.76. The van der Waals surface area contributed by atoms with E-state index in [0.29, 0.717) is 13.2 Å². The lowest BCUT2D eigenvalue weighted by atomic mass is 10.3. The van der Waals surface area contributed by atoms with Gasteiger partial charge in [-0.05, 0) is 12.8 Å². The fourth-order valence-corrected chi connectivity index (χ4v) is 0.928. The van der Waals surface area contributed by atoms with Crippen molar-refractivity contribution in [2.45, 2.75) is 12.8 Å². The van der Waals surface area contributed by atoms with Gasteiger partial charge in [-0.2, -0.15) is 0 Å². The highest BCUT2D eigenvalue weighted by atomic mass is 16.6. The Hall–Kier alpha value is -1.56. The van der Waals surface area contributed by atoms with Gasteiger partial charge in [0.25, 0.3) is 0 Å². The summed E-state index contributed by atoms with van der Waals surface area (Å²) in [6.45, 7) is 4.57. The number of unbranched alkanes of at least 4 members (excludes halogenated alkanes) is 1. The largest absolute Gasteiger partial charge is 0.461 e. The molecule has 0 unspecified atom stereocenters. The molecule has 0 fully saturated rings. The third kappa shape index (κ3) is 10.7. The zero-order valence-electron chi connectivity index (χ0n) is 10.1.